The topological polar surface area (TPSA) is 47.3 Å². The van der Waals surface area contributed by atoms with Crippen LogP contribution in [0.25, 0.3) is 0 Å². The summed E-state index contributed by atoms with van der Waals surface area (Å²) in [7, 11) is 1.49. The Hall–Kier alpha value is -1.18. The fraction of sp³-hybridized carbons (Fsp3) is 0.500. The smallest absolute Gasteiger partial charge is 0.385 e. The Morgan fingerprint density at radius 1 is 1.37 bits per heavy atom. The highest BCUT2D eigenvalue weighted by atomic mass is 19.4. The van der Waals surface area contributed by atoms with Gasteiger partial charge < -0.3 is 4.74 Å². The van der Waals surface area contributed by atoms with Crippen LogP contribution in [0.1, 0.15) is 30.0 Å². The maximum absolute atomic E-state index is 13.2. The Balaban J connectivity index is 3.03. The number of benzene rings is 1. The van der Waals surface area contributed by atoms with E-state index in [0.29, 0.717) is 19.4 Å². The minimum absolute atomic E-state index is 0.189. The van der Waals surface area contributed by atoms with E-state index in [4.69, 9.17) is 10.6 Å². The van der Waals surface area contributed by atoms with Crippen LogP contribution < -0.4 is 11.3 Å². The molecular formula is C12H16F4N2O. The van der Waals surface area contributed by atoms with Gasteiger partial charge in [0.15, 0.2) is 0 Å². The third-order valence-corrected chi connectivity index (χ3v) is 2.74. The molecule has 0 radical (unpaired) electrons. The van der Waals surface area contributed by atoms with Crippen molar-refractivity contribution in [3.63, 3.8) is 0 Å². The first-order valence-electron chi connectivity index (χ1n) is 5.72. The number of hydrogen-bond donors (Lipinski definition) is 2. The predicted molar refractivity (Wildman–Crippen MR) is 62.6 cm³/mol. The number of nitrogens with two attached hydrogens (primary N) is 1. The van der Waals surface area contributed by atoms with Gasteiger partial charge in [-0.1, -0.05) is 0 Å². The monoisotopic (exact) mass is 280 g/mol. The maximum atomic E-state index is 13.2. The summed E-state index contributed by atoms with van der Waals surface area (Å²) in [4.78, 5) is 0. The second kappa shape index (κ2) is 6.83. The Morgan fingerprint density at radius 2 is 2.05 bits per heavy atom. The van der Waals surface area contributed by atoms with Crippen LogP contribution in [0.4, 0.5) is 17.6 Å². The molecule has 1 unspecified atom stereocenters. The van der Waals surface area contributed by atoms with E-state index in [1.807, 2.05) is 0 Å². The van der Waals surface area contributed by atoms with Crippen LogP contribution in [0.3, 0.4) is 0 Å². The number of ether oxygens (including phenoxy) is 1. The van der Waals surface area contributed by atoms with Crippen LogP contribution in [0, 0.1) is 5.82 Å². The fourth-order valence-electron chi connectivity index (χ4n) is 1.84. The van der Waals surface area contributed by atoms with E-state index in [-0.39, 0.29) is 5.56 Å². The first kappa shape index (κ1) is 15.9. The molecule has 0 aromatic heterocycles. The number of hydrogen-bond acceptors (Lipinski definition) is 3. The van der Waals surface area contributed by atoms with Crippen molar-refractivity contribution >= 4 is 0 Å². The van der Waals surface area contributed by atoms with Gasteiger partial charge in [0.05, 0.1) is 5.56 Å². The largest absolute Gasteiger partial charge is 0.416 e. The third kappa shape index (κ3) is 4.45. The molecule has 7 heteroatoms. The number of hydrazine groups is 1. The molecule has 19 heavy (non-hydrogen) atoms. The minimum Gasteiger partial charge on any atom is -0.385 e. The summed E-state index contributed by atoms with van der Waals surface area (Å²) >= 11 is 0. The van der Waals surface area contributed by atoms with Crippen LogP contribution in [-0.4, -0.2) is 13.7 Å². The van der Waals surface area contributed by atoms with Crippen molar-refractivity contribution in [3.8, 4) is 0 Å². The second-order valence-corrected chi connectivity index (χ2v) is 4.08. The van der Waals surface area contributed by atoms with Crippen LogP contribution in [0.2, 0.25) is 0 Å². The van der Waals surface area contributed by atoms with Crippen molar-refractivity contribution in [2.45, 2.75) is 25.1 Å². The van der Waals surface area contributed by atoms with Crippen molar-refractivity contribution in [1.82, 2.24) is 5.43 Å². The van der Waals surface area contributed by atoms with Crippen molar-refractivity contribution in [1.29, 1.82) is 0 Å². The van der Waals surface area contributed by atoms with Crippen LogP contribution in [0.15, 0.2) is 18.2 Å². The molecule has 1 atom stereocenters. The predicted octanol–water partition coefficient (Wildman–Crippen LogP) is 2.78. The molecule has 0 saturated heterocycles. The highest BCUT2D eigenvalue weighted by Gasteiger charge is 2.35. The van der Waals surface area contributed by atoms with Gasteiger partial charge in [0.1, 0.15) is 5.82 Å². The van der Waals surface area contributed by atoms with Gasteiger partial charge in [-0.3, -0.25) is 11.3 Å². The third-order valence-electron chi connectivity index (χ3n) is 2.74. The Kier molecular flexibility index (Phi) is 5.71. The molecule has 1 aromatic rings. The zero-order valence-corrected chi connectivity index (χ0v) is 10.4. The molecule has 0 amide bonds. The molecule has 1 rings (SSSR count). The zero-order chi connectivity index (χ0) is 14.5. The summed E-state index contributed by atoms with van der Waals surface area (Å²) in [5.74, 6) is 4.54. The molecule has 1 aromatic carbocycles. The zero-order valence-electron chi connectivity index (χ0n) is 10.4. The molecule has 0 spiro atoms. The van der Waals surface area contributed by atoms with Gasteiger partial charge >= 0.3 is 6.18 Å². The van der Waals surface area contributed by atoms with Crippen molar-refractivity contribution in [2.75, 3.05) is 13.7 Å². The Labute approximate surface area is 108 Å². The van der Waals surface area contributed by atoms with Gasteiger partial charge in [0, 0.05) is 19.8 Å². The van der Waals surface area contributed by atoms with Crippen molar-refractivity contribution < 1.29 is 22.3 Å². The number of rotatable bonds is 6. The molecule has 0 aliphatic rings. The van der Waals surface area contributed by atoms with Crippen LogP contribution >= 0.6 is 0 Å². The number of halogens is 4. The molecule has 0 aliphatic heterocycles. The Morgan fingerprint density at radius 3 is 2.58 bits per heavy atom. The summed E-state index contributed by atoms with van der Waals surface area (Å²) in [6.07, 6.45) is -3.71. The van der Waals surface area contributed by atoms with Gasteiger partial charge in [-0.15, -0.1) is 0 Å². The van der Waals surface area contributed by atoms with Crippen molar-refractivity contribution in [2.24, 2.45) is 5.84 Å². The first-order chi connectivity index (χ1) is 8.90. The first-order valence-corrected chi connectivity index (χ1v) is 5.72. The van der Waals surface area contributed by atoms with Crippen LogP contribution in [-0.2, 0) is 10.9 Å². The molecule has 3 nitrogen and oxygen atoms in total. The standard InChI is InChI=1S/C12H16F4N2O/c1-19-6-2-3-11(18-17)9-7-8(13)4-5-10(9)12(14,15)16/h4-5,7,11,18H,2-3,6,17H2,1H3. The number of nitrogens with one attached hydrogen (secondary N) is 1. The molecule has 108 valence electrons. The van der Waals surface area contributed by atoms with Gasteiger partial charge in [0.2, 0.25) is 0 Å². The van der Waals surface area contributed by atoms with E-state index < -0.39 is 23.6 Å². The lowest BCUT2D eigenvalue weighted by molar-refractivity contribution is -0.138. The van der Waals surface area contributed by atoms with E-state index in [0.717, 1.165) is 18.2 Å². The van der Waals surface area contributed by atoms with Crippen molar-refractivity contribution in [3.05, 3.63) is 35.1 Å². The van der Waals surface area contributed by atoms with Gasteiger partial charge in [-0.2, -0.15) is 13.2 Å². The normalized spacial score (nSPS) is 13.6. The Bertz CT molecular complexity index is 409. The van der Waals surface area contributed by atoms with E-state index in [2.05, 4.69) is 5.43 Å². The maximum Gasteiger partial charge on any atom is 0.416 e. The SMILES string of the molecule is COCCCC(NN)c1cc(F)ccc1C(F)(F)F. The fourth-order valence-corrected chi connectivity index (χ4v) is 1.84. The highest BCUT2D eigenvalue weighted by Crippen LogP contribution is 2.35. The summed E-state index contributed by atoms with van der Waals surface area (Å²) in [5, 5.41) is 0. The molecule has 0 heterocycles. The lowest BCUT2D eigenvalue weighted by atomic mass is 9.96. The number of alkyl halides is 3. The van der Waals surface area contributed by atoms with Gasteiger partial charge in [-0.05, 0) is 36.6 Å². The van der Waals surface area contributed by atoms with Gasteiger partial charge in [-0.25, -0.2) is 4.39 Å². The number of methoxy groups -OCH3 is 1. The quantitative estimate of drug-likeness (QED) is 0.364. The minimum atomic E-state index is -4.54. The van der Waals surface area contributed by atoms with E-state index in [1.54, 1.807) is 0 Å². The van der Waals surface area contributed by atoms with E-state index in [9.17, 15) is 17.6 Å². The highest BCUT2D eigenvalue weighted by molar-refractivity contribution is 5.33. The molecule has 3 N–H and O–H groups in total. The summed E-state index contributed by atoms with van der Waals surface area (Å²) in [5.41, 5.74) is 1.23. The molecule has 0 saturated carbocycles. The molecule has 0 aliphatic carbocycles. The summed E-state index contributed by atoms with van der Waals surface area (Å²) < 4.78 is 56.5. The molecular weight excluding hydrogens is 264 g/mol. The van der Waals surface area contributed by atoms with E-state index in [1.165, 1.54) is 7.11 Å². The lowest BCUT2D eigenvalue weighted by Crippen LogP contribution is -2.30. The van der Waals surface area contributed by atoms with E-state index >= 15 is 0 Å². The van der Waals surface area contributed by atoms with Gasteiger partial charge in [0.25, 0.3) is 0 Å². The molecule has 0 fully saturated rings. The summed E-state index contributed by atoms with van der Waals surface area (Å²) in [6.45, 7) is 0.398. The lowest BCUT2D eigenvalue weighted by Gasteiger charge is -2.21. The molecule has 0 bridgehead atoms. The average molecular weight is 280 g/mol. The second-order valence-electron chi connectivity index (χ2n) is 4.08. The average Bonchev–Trinajstić information content (AvgIpc) is 2.33. The summed E-state index contributed by atoms with van der Waals surface area (Å²) in [6, 6.07) is 1.60. The van der Waals surface area contributed by atoms with Crippen LogP contribution in [0.5, 0.6) is 0 Å².